The van der Waals surface area contributed by atoms with Crippen molar-refractivity contribution in [2.45, 2.75) is 13.3 Å². The Hall–Kier alpha value is -3.02. The van der Waals surface area contributed by atoms with Gasteiger partial charge in [-0.1, -0.05) is 24.3 Å². The van der Waals surface area contributed by atoms with Crippen molar-refractivity contribution in [3.63, 3.8) is 0 Å². The molecule has 0 aliphatic rings. The SMILES string of the molecule is COc1ccccc1-c1cncnc1Oc1cc(C)ccc1C(F)F. The standard InChI is InChI=1S/C19H16F2N2O2/c1-12-7-8-14(18(20)21)17(9-12)25-19-15(10-22-11-23-19)13-5-3-4-6-16(13)24-2/h3-11,18H,1-2H3. The number of hydrogen-bond donors (Lipinski definition) is 0. The van der Waals surface area contributed by atoms with Crippen molar-refractivity contribution in [1.29, 1.82) is 0 Å². The Morgan fingerprint density at radius 2 is 1.80 bits per heavy atom. The Labute approximate surface area is 144 Å². The largest absolute Gasteiger partial charge is 0.496 e. The molecule has 0 unspecified atom stereocenters. The van der Waals surface area contributed by atoms with Gasteiger partial charge in [-0.25, -0.2) is 18.7 Å². The molecule has 6 heteroatoms. The van der Waals surface area contributed by atoms with Crippen LogP contribution < -0.4 is 9.47 Å². The molecular formula is C19H16F2N2O2. The number of benzene rings is 2. The summed E-state index contributed by atoms with van der Waals surface area (Å²) in [6.45, 7) is 1.81. The highest BCUT2D eigenvalue weighted by molar-refractivity contribution is 5.74. The van der Waals surface area contributed by atoms with Crippen LogP contribution in [0.15, 0.2) is 55.0 Å². The maximum atomic E-state index is 13.3. The molecule has 0 atom stereocenters. The van der Waals surface area contributed by atoms with Crippen molar-refractivity contribution >= 4 is 0 Å². The molecule has 128 valence electrons. The average molecular weight is 342 g/mol. The van der Waals surface area contributed by atoms with Crippen LogP contribution in [0.5, 0.6) is 17.4 Å². The maximum absolute atomic E-state index is 13.3. The minimum absolute atomic E-state index is 0.0739. The molecule has 0 amide bonds. The fraction of sp³-hybridized carbons (Fsp3) is 0.158. The van der Waals surface area contributed by atoms with E-state index >= 15 is 0 Å². The maximum Gasteiger partial charge on any atom is 0.267 e. The summed E-state index contributed by atoms with van der Waals surface area (Å²) in [5.74, 6) is 0.873. The Kier molecular flexibility index (Phi) is 4.88. The number of hydrogen-bond acceptors (Lipinski definition) is 4. The number of ether oxygens (including phenoxy) is 2. The number of aromatic nitrogens is 2. The number of rotatable bonds is 5. The first kappa shape index (κ1) is 16.8. The van der Waals surface area contributed by atoms with Crippen LogP contribution in [0, 0.1) is 6.92 Å². The zero-order chi connectivity index (χ0) is 17.8. The third-order valence-corrected chi connectivity index (χ3v) is 3.68. The summed E-state index contributed by atoms with van der Waals surface area (Å²) in [7, 11) is 1.55. The van der Waals surface area contributed by atoms with Gasteiger partial charge in [0.25, 0.3) is 6.43 Å². The van der Waals surface area contributed by atoms with Gasteiger partial charge in [-0.15, -0.1) is 0 Å². The first-order chi connectivity index (χ1) is 12.1. The smallest absolute Gasteiger partial charge is 0.267 e. The quantitative estimate of drug-likeness (QED) is 0.640. The Morgan fingerprint density at radius 1 is 1.00 bits per heavy atom. The molecule has 0 aliphatic heterocycles. The summed E-state index contributed by atoms with van der Waals surface area (Å²) < 4.78 is 37.6. The van der Waals surface area contributed by atoms with E-state index in [1.54, 1.807) is 31.5 Å². The highest BCUT2D eigenvalue weighted by Gasteiger charge is 2.18. The Morgan fingerprint density at radius 3 is 2.56 bits per heavy atom. The molecule has 2 aromatic carbocycles. The van der Waals surface area contributed by atoms with Gasteiger partial charge in [-0.3, -0.25) is 0 Å². The van der Waals surface area contributed by atoms with Gasteiger partial charge < -0.3 is 9.47 Å². The first-order valence-electron chi connectivity index (χ1n) is 7.60. The minimum Gasteiger partial charge on any atom is -0.496 e. The lowest BCUT2D eigenvalue weighted by atomic mass is 10.1. The van der Waals surface area contributed by atoms with Crippen LogP contribution in [0.4, 0.5) is 8.78 Å². The van der Waals surface area contributed by atoms with Crippen LogP contribution in [0.3, 0.4) is 0 Å². The molecule has 0 bridgehead atoms. The normalized spacial score (nSPS) is 10.8. The lowest BCUT2D eigenvalue weighted by Gasteiger charge is -2.14. The zero-order valence-corrected chi connectivity index (χ0v) is 13.7. The van der Waals surface area contributed by atoms with Gasteiger partial charge in [0.05, 0.1) is 18.2 Å². The van der Waals surface area contributed by atoms with Crippen LogP contribution in [0.2, 0.25) is 0 Å². The van der Waals surface area contributed by atoms with E-state index < -0.39 is 6.43 Å². The predicted molar refractivity (Wildman–Crippen MR) is 90.2 cm³/mol. The van der Waals surface area contributed by atoms with Crippen molar-refractivity contribution in [3.05, 3.63) is 66.1 Å². The van der Waals surface area contributed by atoms with Crippen molar-refractivity contribution in [3.8, 4) is 28.5 Å². The first-order valence-corrected chi connectivity index (χ1v) is 7.60. The Balaban J connectivity index is 2.08. The number of aryl methyl sites for hydroxylation is 1. The van der Waals surface area contributed by atoms with E-state index in [0.29, 0.717) is 16.9 Å². The molecule has 0 saturated heterocycles. The average Bonchev–Trinajstić information content (AvgIpc) is 2.62. The molecule has 0 saturated carbocycles. The van der Waals surface area contributed by atoms with Gasteiger partial charge in [0, 0.05) is 11.8 Å². The van der Waals surface area contributed by atoms with Crippen molar-refractivity contribution < 1.29 is 18.3 Å². The van der Waals surface area contributed by atoms with E-state index in [4.69, 9.17) is 9.47 Å². The minimum atomic E-state index is -2.65. The molecule has 0 aliphatic carbocycles. The fourth-order valence-corrected chi connectivity index (χ4v) is 2.47. The van der Waals surface area contributed by atoms with E-state index in [9.17, 15) is 8.78 Å². The highest BCUT2D eigenvalue weighted by atomic mass is 19.3. The van der Waals surface area contributed by atoms with Crippen LogP contribution in [-0.2, 0) is 0 Å². The fourth-order valence-electron chi connectivity index (χ4n) is 2.47. The monoisotopic (exact) mass is 342 g/mol. The van der Waals surface area contributed by atoms with Crippen molar-refractivity contribution in [2.75, 3.05) is 7.11 Å². The van der Waals surface area contributed by atoms with Gasteiger partial charge in [0.15, 0.2) is 0 Å². The molecule has 3 rings (SSSR count). The highest BCUT2D eigenvalue weighted by Crippen LogP contribution is 2.38. The number of nitrogens with zero attached hydrogens (tertiary/aromatic N) is 2. The summed E-state index contributed by atoms with van der Waals surface area (Å²) in [6.07, 6.45) is 0.233. The van der Waals surface area contributed by atoms with Gasteiger partial charge in [0.1, 0.15) is 17.8 Å². The molecule has 1 aromatic heterocycles. The number of halogens is 2. The third kappa shape index (κ3) is 3.57. The second-order valence-corrected chi connectivity index (χ2v) is 5.39. The van der Waals surface area contributed by atoms with E-state index in [2.05, 4.69) is 9.97 Å². The number of methoxy groups -OCH3 is 1. The summed E-state index contributed by atoms with van der Waals surface area (Å²) in [6, 6.07) is 11.8. The lowest BCUT2D eigenvalue weighted by Crippen LogP contribution is -1.98. The van der Waals surface area contributed by atoms with Gasteiger partial charge in [0.2, 0.25) is 5.88 Å². The topological polar surface area (TPSA) is 44.2 Å². The van der Waals surface area contributed by atoms with E-state index in [1.807, 2.05) is 25.1 Å². The molecule has 0 radical (unpaired) electrons. The lowest BCUT2D eigenvalue weighted by molar-refractivity contribution is 0.148. The molecule has 0 fully saturated rings. The van der Waals surface area contributed by atoms with Gasteiger partial charge in [-0.2, -0.15) is 0 Å². The second-order valence-electron chi connectivity index (χ2n) is 5.39. The van der Waals surface area contributed by atoms with Crippen molar-refractivity contribution in [2.24, 2.45) is 0 Å². The summed E-state index contributed by atoms with van der Waals surface area (Å²) in [5, 5.41) is 0. The van der Waals surface area contributed by atoms with Crippen LogP contribution in [0.1, 0.15) is 17.6 Å². The van der Waals surface area contributed by atoms with E-state index in [-0.39, 0.29) is 17.2 Å². The molecule has 0 N–H and O–H groups in total. The Bertz CT molecular complexity index is 885. The van der Waals surface area contributed by atoms with Crippen LogP contribution in [0.25, 0.3) is 11.1 Å². The number of para-hydroxylation sites is 1. The zero-order valence-electron chi connectivity index (χ0n) is 13.7. The third-order valence-electron chi connectivity index (χ3n) is 3.68. The molecule has 0 spiro atoms. The van der Waals surface area contributed by atoms with Gasteiger partial charge in [-0.05, 0) is 30.7 Å². The van der Waals surface area contributed by atoms with Crippen LogP contribution >= 0.6 is 0 Å². The number of alkyl halides is 2. The second kappa shape index (κ2) is 7.25. The molecule has 25 heavy (non-hydrogen) atoms. The summed E-state index contributed by atoms with van der Waals surface area (Å²) in [5.41, 5.74) is 1.90. The van der Waals surface area contributed by atoms with Gasteiger partial charge >= 0.3 is 0 Å². The summed E-state index contributed by atoms with van der Waals surface area (Å²) >= 11 is 0. The summed E-state index contributed by atoms with van der Waals surface area (Å²) in [4.78, 5) is 8.14. The molecule has 1 heterocycles. The molecule has 4 nitrogen and oxygen atoms in total. The van der Waals surface area contributed by atoms with E-state index in [1.165, 1.54) is 12.4 Å². The van der Waals surface area contributed by atoms with E-state index in [0.717, 1.165) is 5.56 Å². The predicted octanol–water partition coefficient (Wildman–Crippen LogP) is 5.19. The van der Waals surface area contributed by atoms with Crippen LogP contribution in [-0.4, -0.2) is 17.1 Å². The van der Waals surface area contributed by atoms with Crippen molar-refractivity contribution in [1.82, 2.24) is 9.97 Å². The molecular weight excluding hydrogens is 326 g/mol. The molecule has 3 aromatic rings.